The van der Waals surface area contributed by atoms with Crippen LogP contribution in [0.1, 0.15) is 11.5 Å². The van der Waals surface area contributed by atoms with Crippen molar-refractivity contribution in [2.75, 3.05) is 5.32 Å². The second-order valence-corrected chi connectivity index (χ2v) is 5.03. The maximum absolute atomic E-state index is 13.6. The molecular formula is C15H13FN4O3. The Morgan fingerprint density at radius 3 is 2.83 bits per heavy atom. The molecule has 7 nitrogen and oxygen atoms in total. The van der Waals surface area contributed by atoms with Crippen LogP contribution in [0, 0.1) is 19.7 Å². The van der Waals surface area contributed by atoms with Gasteiger partial charge in [0, 0.05) is 0 Å². The summed E-state index contributed by atoms with van der Waals surface area (Å²) < 4.78 is 19.7. The lowest BCUT2D eigenvalue weighted by Crippen LogP contribution is -2.30. The fourth-order valence-electron chi connectivity index (χ4n) is 2.25. The number of aryl methyl sites for hydroxylation is 2. The lowest BCUT2D eigenvalue weighted by Gasteiger charge is -2.10. The number of halogens is 1. The van der Waals surface area contributed by atoms with Crippen molar-refractivity contribution in [1.82, 2.24) is 14.7 Å². The number of nitrogens with one attached hydrogen (secondary N) is 1. The number of carbonyl (C=O) groups is 1. The van der Waals surface area contributed by atoms with Gasteiger partial charge in [0.15, 0.2) is 0 Å². The van der Waals surface area contributed by atoms with Crippen molar-refractivity contribution in [2.45, 2.75) is 20.4 Å². The summed E-state index contributed by atoms with van der Waals surface area (Å²) in [5.74, 6) is -0.772. The predicted octanol–water partition coefficient (Wildman–Crippen LogP) is 1.78. The van der Waals surface area contributed by atoms with Gasteiger partial charge in [0.05, 0.1) is 11.4 Å². The molecule has 0 unspecified atom stereocenters. The predicted molar refractivity (Wildman–Crippen MR) is 80.6 cm³/mol. The summed E-state index contributed by atoms with van der Waals surface area (Å²) in [4.78, 5) is 28.7. The third-order valence-corrected chi connectivity index (χ3v) is 3.41. The van der Waals surface area contributed by atoms with E-state index in [2.05, 4.69) is 15.5 Å². The van der Waals surface area contributed by atoms with Crippen LogP contribution in [0.15, 0.2) is 33.6 Å². The SMILES string of the molecule is Cc1noc2nc(C)n(CC(=O)Nc3ccccc3F)c(=O)c12. The summed E-state index contributed by atoms with van der Waals surface area (Å²) in [6.07, 6.45) is 0. The summed E-state index contributed by atoms with van der Waals surface area (Å²) >= 11 is 0. The molecule has 0 aliphatic carbocycles. The van der Waals surface area contributed by atoms with Crippen molar-refractivity contribution in [3.8, 4) is 0 Å². The molecule has 2 aromatic heterocycles. The normalized spacial score (nSPS) is 10.9. The summed E-state index contributed by atoms with van der Waals surface area (Å²) in [5, 5.41) is 6.36. The van der Waals surface area contributed by atoms with Gasteiger partial charge < -0.3 is 9.84 Å². The number of carbonyl (C=O) groups excluding carboxylic acids is 1. The summed E-state index contributed by atoms with van der Waals surface area (Å²) in [6, 6.07) is 5.80. The molecule has 1 N–H and O–H groups in total. The van der Waals surface area contributed by atoms with Crippen molar-refractivity contribution in [1.29, 1.82) is 0 Å². The molecule has 118 valence electrons. The number of anilines is 1. The first-order valence-electron chi connectivity index (χ1n) is 6.85. The Hall–Kier alpha value is -3.03. The quantitative estimate of drug-likeness (QED) is 0.795. The average molecular weight is 316 g/mol. The van der Waals surface area contributed by atoms with Crippen LogP contribution in [0.4, 0.5) is 10.1 Å². The molecule has 1 amide bonds. The fraction of sp³-hybridized carbons (Fsp3) is 0.200. The van der Waals surface area contributed by atoms with E-state index >= 15 is 0 Å². The number of hydrogen-bond acceptors (Lipinski definition) is 5. The van der Waals surface area contributed by atoms with Gasteiger partial charge in [0.25, 0.3) is 11.3 Å². The number of rotatable bonds is 3. The molecule has 0 spiro atoms. The van der Waals surface area contributed by atoms with E-state index in [1.807, 2.05) is 0 Å². The Morgan fingerprint density at radius 1 is 1.35 bits per heavy atom. The standard InChI is InChI=1S/C15H13FN4O3/c1-8-13-14(23-19-8)17-9(2)20(15(13)22)7-12(21)18-11-6-4-3-5-10(11)16/h3-6H,7H2,1-2H3,(H,18,21). The Labute approximate surface area is 129 Å². The van der Waals surface area contributed by atoms with Gasteiger partial charge >= 0.3 is 0 Å². The van der Waals surface area contributed by atoms with E-state index in [1.165, 1.54) is 22.8 Å². The zero-order valence-electron chi connectivity index (χ0n) is 12.5. The second-order valence-electron chi connectivity index (χ2n) is 5.03. The molecule has 3 aromatic rings. The Kier molecular flexibility index (Phi) is 3.65. The lowest BCUT2D eigenvalue weighted by atomic mass is 10.3. The van der Waals surface area contributed by atoms with E-state index in [0.717, 1.165) is 0 Å². The van der Waals surface area contributed by atoms with E-state index in [4.69, 9.17) is 4.52 Å². The minimum absolute atomic E-state index is 0.0541. The van der Waals surface area contributed by atoms with Gasteiger partial charge in [-0.2, -0.15) is 4.98 Å². The molecule has 3 rings (SSSR count). The Bertz CT molecular complexity index is 961. The molecule has 2 heterocycles. The number of para-hydroxylation sites is 1. The van der Waals surface area contributed by atoms with Crippen molar-refractivity contribution in [3.63, 3.8) is 0 Å². The molecule has 1 aromatic carbocycles. The topological polar surface area (TPSA) is 90.0 Å². The Balaban J connectivity index is 1.92. The largest absolute Gasteiger partial charge is 0.335 e. The van der Waals surface area contributed by atoms with E-state index in [0.29, 0.717) is 11.5 Å². The molecular weight excluding hydrogens is 303 g/mol. The van der Waals surface area contributed by atoms with Crippen LogP contribution in [0.3, 0.4) is 0 Å². The molecule has 0 aliphatic heterocycles. The highest BCUT2D eigenvalue weighted by Crippen LogP contribution is 2.13. The summed E-state index contributed by atoms with van der Waals surface area (Å²) in [5.41, 5.74) is 0.171. The van der Waals surface area contributed by atoms with Gasteiger partial charge in [0.1, 0.15) is 23.6 Å². The fourth-order valence-corrected chi connectivity index (χ4v) is 2.25. The first-order valence-corrected chi connectivity index (χ1v) is 6.85. The van der Waals surface area contributed by atoms with Crippen molar-refractivity contribution >= 4 is 22.7 Å². The van der Waals surface area contributed by atoms with Crippen LogP contribution in [-0.2, 0) is 11.3 Å². The van der Waals surface area contributed by atoms with Gasteiger partial charge in [-0.3, -0.25) is 14.2 Å². The zero-order chi connectivity index (χ0) is 16.6. The van der Waals surface area contributed by atoms with Crippen LogP contribution >= 0.6 is 0 Å². The van der Waals surface area contributed by atoms with Crippen LogP contribution < -0.4 is 10.9 Å². The molecule has 0 bridgehead atoms. The van der Waals surface area contributed by atoms with Gasteiger partial charge in [-0.1, -0.05) is 17.3 Å². The molecule has 23 heavy (non-hydrogen) atoms. The highest BCUT2D eigenvalue weighted by molar-refractivity contribution is 5.90. The zero-order valence-corrected chi connectivity index (χ0v) is 12.5. The minimum Gasteiger partial charge on any atom is -0.335 e. The monoisotopic (exact) mass is 316 g/mol. The second kappa shape index (κ2) is 5.64. The molecule has 8 heteroatoms. The van der Waals surface area contributed by atoms with Gasteiger partial charge in [0.2, 0.25) is 5.91 Å². The van der Waals surface area contributed by atoms with E-state index in [9.17, 15) is 14.0 Å². The first kappa shape index (κ1) is 14.9. The maximum atomic E-state index is 13.6. The Morgan fingerprint density at radius 2 is 2.09 bits per heavy atom. The molecule has 0 radical (unpaired) electrons. The smallest absolute Gasteiger partial charge is 0.267 e. The maximum Gasteiger partial charge on any atom is 0.267 e. The summed E-state index contributed by atoms with van der Waals surface area (Å²) in [7, 11) is 0. The lowest BCUT2D eigenvalue weighted by molar-refractivity contribution is -0.116. The van der Waals surface area contributed by atoms with E-state index < -0.39 is 17.3 Å². The summed E-state index contributed by atoms with van der Waals surface area (Å²) in [6.45, 7) is 2.91. The van der Waals surface area contributed by atoms with Gasteiger partial charge in [-0.05, 0) is 26.0 Å². The molecule has 0 aliphatic rings. The van der Waals surface area contributed by atoms with Gasteiger partial charge in [-0.25, -0.2) is 4.39 Å². The van der Waals surface area contributed by atoms with Crippen molar-refractivity contribution < 1.29 is 13.7 Å². The average Bonchev–Trinajstić information content (AvgIpc) is 2.87. The molecule has 0 fully saturated rings. The van der Waals surface area contributed by atoms with Gasteiger partial charge in [-0.15, -0.1) is 0 Å². The highest BCUT2D eigenvalue weighted by Gasteiger charge is 2.17. The number of hydrogen-bond donors (Lipinski definition) is 1. The third kappa shape index (κ3) is 2.70. The molecule has 0 saturated carbocycles. The number of fused-ring (bicyclic) bond motifs is 1. The molecule has 0 atom stereocenters. The van der Waals surface area contributed by atoms with Crippen LogP contribution in [0.5, 0.6) is 0 Å². The van der Waals surface area contributed by atoms with Crippen LogP contribution in [0.2, 0.25) is 0 Å². The number of aromatic nitrogens is 3. The number of amides is 1. The number of benzene rings is 1. The highest BCUT2D eigenvalue weighted by atomic mass is 19.1. The molecule has 0 saturated heterocycles. The minimum atomic E-state index is -0.548. The van der Waals surface area contributed by atoms with Crippen molar-refractivity contribution in [2.24, 2.45) is 0 Å². The van der Waals surface area contributed by atoms with Crippen LogP contribution in [-0.4, -0.2) is 20.6 Å². The third-order valence-electron chi connectivity index (χ3n) is 3.41. The van der Waals surface area contributed by atoms with E-state index in [1.54, 1.807) is 19.9 Å². The number of nitrogens with zero attached hydrogens (tertiary/aromatic N) is 3. The first-order chi connectivity index (χ1) is 11.0. The van der Waals surface area contributed by atoms with E-state index in [-0.39, 0.29) is 23.3 Å². The van der Waals surface area contributed by atoms with Crippen LogP contribution in [0.25, 0.3) is 11.1 Å². The van der Waals surface area contributed by atoms with Crippen molar-refractivity contribution in [3.05, 3.63) is 52.0 Å².